The molecule has 1 unspecified atom stereocenters. The fourth-order valence-electron chi connectivity index (χ4n) is 7.15. The third-order valence-electron chi connectivity index (χ3n) is 9.93. The quantitative estimate of drug-likeness (QED) is 0.115. The number of rotatable bonds is 10. The molecule has 3 aliphatic heterocycles. The molecule has 3 aliphatic rings. The molecule has 52 heavy (non-hydrogen) atoms. The van der Waals surface area contributed by atoms with Gasteiger partial charge in [-0.2, -0.15) is 0 Å². The highest BCUT2D eigenvalue weighted by atomic mass is 32.1. The number of aromatic hydroxyl groups is 2. The number of piperidine rings is 1. The second-order valence-electron chi connectivity index (χ2n) is 13.3. The van der Waals surface area contributed by atoms with Crippen LogP contribution in [0, 0.1) is 0 Å². The van der Waals surface area contributed by atoms with E-state index >= 15 is 0 Å². The molecule has 1 atom stereocenters. The maximum Gasteiger partial charge on any atom is 0.255 e. The van der Waals surface area contributed by atoms with Gasteiger partial charge >= 0.3 is 0 Å². The van der Waals surface area contributed by atoms with E-state index in [1.165, 1.54) is 11.3 Å². The molecule has 4 aromatic carbocycles. The van der Waals surface area contributed by atoms with E-state index < -0.39 is 11.9 Å². The predicted octanol–water partition coefficient (Wildman–Crippen LogP) is 6.12. The molecular weight excluding hydrogens is 681 g/mol. The zero-order chi connectivity index (χ0) is 35.8. The summed E-state index contributed by atoms with van der Waals surface area (Å²) in [7, 11) is 0. The number of nitrogens with zero attached hydrogens (tertiary/aromatic N) is 3. The lowest BCUT2D eigenvalue weighted by molar-refractivity contribution is -0.136. The van der Waals surface area contributed by atoms with E-state index in [1.807, 2.05) is 54.6 Å². The van der Waals surface area contributed by atoms with Gasteiger partial charge in [0.15, 0.2) is 5.75 Å². The van der Waals surface area contributed by atoms with Gasteiger partial charge in [0.1, 0.15) is 29.0 Å². The lowest BCUT2D eigenvalue weighted by Crippen LogP contribution is -2.52. The first-order chi connectivity index (χ1) is 25.3. The van der Waals surface area contributed by atoms with Crippen molar-refractivity contribution in [3.05, 3.63) is 96.1 Å². The zero-order valence-electron chi connectivity index (χ0n) is 28.4. The van der Waals surface area contributed by atoms with Gasteiger partial charge in [-0.25, -0.2) is 0 Å². The summed E-state index contributed by atoms with van der Waals surface area (Å²) in [6.07, 6.45) is 1.49. The molecule has 8 rings (SSSR count). The predicted molar refractivity (Wildman–Crippen MR) is 198 cm³/mol. The summed E-state index contributed by atoms with van der Waals surface area (Å²) in [5.74, 6) is 1.69. The van der Waals surface area contributed by atoms with Crippen LogP contribution in [-0.4, -0.2) is 83.1 Å². The Morgan fingerprint density at radius 1 is 0.827 bits per heavy atom. The SMILES string of the molecule is O=C1CCC(N2Cc3cc(N4CCN(CCCOc5ccc(Oc6c(-c7ccc(O)cc7)sc7cc(O)ccc67)cc5)CC4)ccc3C2=O)C(=O)N1. The van der Waals surface area contributed by atoms with Crippen LogP contribution in [0.5, 0.6) is 28.7 Å². The Morgan fingerprint density at radius 2 is 1.58 bits per heavy atom. The van der Waals surface area contributed by atoms with Crippen LogP contribution in [0.4, 0.5) is 5.69 Å². The molecule has 0 aliphatic carbocycles. The number of imide groups is 1. The maximum absolute atomic E-state index is 13.1. The number of piperazine rings is 1. The molecule has 4 heterocycles. The summed E-state index contributed by atoms with van der Waals surface area (Å²) in [5.41, 5.74) is 3.55. The number of fused-ring (bicyclic) bond motifs is 2. The first-order valence-corrected chi connectivity index (χ1v) is 18.3. The molecule has 2 fully saturated rings. The van der Waals surface area contributed by atoms with E-state index in [1.54, 1.807) is 29.2 Å². The van der Waals surface area contributed by atoms with E-state index in [9.17, 15) is 24.6 Å². The summed E-state index contributed by atoms with van der Waals surface area (Å²) in [5, 5.41) is 23.1. The number of phenolic OH excluding ortho intramolecular Hbond substituents is 2. The van der Waals surface area contributed by atoms with E-state index in [2.05, 4.69) is 21.2 Å². The van der Waals surface area contributed by atoms with Crippen LogP contribution in [0.25, 0.3) is 20.5 Å². The Morgan fingerprint density at radius 3 is 2.35 bits per heavy atom. The van der Waals surface area contributed by atoms with Crippen molar-refractivity contribution in [3.63, 3.8) is 0 Å². The normalized spacial score (nSPS) is 17.8. The monoisotopic (exact) mass is 718 g/mol. The Balaban J connectivity index is 0.811. The van der Waals surface area contributed by atoms with Gasteiger partial charge in [-0.15, -0.1) is 11.3 Å². The second-order valence-corrected chi connectivity index (χ2v) is 14.4. The molecule has 0 radical (unpaired) electrons. The van der Waals surface area contributed by atoms with Crippen molar-refractivity contribution < 1.29 is 34.1 Å². The topological polar surface area (TPSA) is 132 Å². The smallest absolute Gasteiger partial charge is 0.255 e. The Labute approximate surface area is 304 Å². The minimum Gasteiger partial charge on any atom is -0.508 e. The number of thiophene rings is 1. The molecule has 266 valence electrons. The number of phenols is 2. The maximum atomic E-state index is 13.1. The van der Waals surface area contributed by atoms with Crippen molar-refractivity contribution in [2.24, 2.45) is 0 Å². The number of nitrogens with one attached hydrogen (secondary N) is 1. The molecule has 1 aromatic heterocycles. The number of benzene rings is 4. The van der Waals surface area contributed by atoms with Gasteiger partial charge < -0.3 is 29.5 Å². The number of hydrogen-bond acceptors (Lipinski definition) is 10. The van der Waals surface area contributed by atoms with E-state index in [0.29, 0.717) is 36.6 Å². The Kier molecular flexibility index (Phi) is 9.16. The summed E-state index contributed by atoms with van der Waals surface area (Å²) in [6.45, 7) is 5.49. The van der Waals surface area contributed by atoms with E-state index in [4.69, 9.17) is 9.47 Å². The van der Waals surface area contributed by atoms with Gasteiger partial charge in [0.2, 0.25) is 11.8 Å². The van der Waals surface area contributed by atoms with Crippen LogP contribution < -0.4 is 19.7 Å². The third kappa shape index (κ3) is 6.87. The van der Waals surface area contributed by atoms with Crippen LogP contribution in [0.1, 0.15) is 35.2 Å². The van der Waals surface area contributed by atoms with Crippen LogP contribution >= 0.6 is 11.3 Å². The van der Waals surface area contributed by atoms with Crippen molar-refractivity contribution in [2.45, 2.75) is 31.8 Å². The highest BCUT2D eigenvalue weighted by Gasteiger charge is 2.39. The van der Waals surface area contributed by atoms with Gasteiger partial charge in [-0.05, 0) is 109 Å². The average Bonchev–Trinajstić information content (AvgIpc) is 3.67. The third-order valence-corrected chi connectivity index (χ3v) is 11.1. The van der Waals surface area contributed by atoms with Crippen molar-refractivity contribution in [3.8, 4) is 39.2 Å². The molecule has 3 N–H and O–H groups in total. The molecule has 12 heteroatoms. The standard InChI is InChI=1S/C40H38N4O7S/c45-28-5-2-25(3-6-28)38-37(33-13-7-29(46)23-35(33)52-38)51-31-10-8-30(9-11-31)50-21-1-16-42-17-19-43(20-18-42)27-4-12-32-26(22-27)24-44(40(32)49)34-14-15-36(47)41-39(34)48/h2-13,22-23,34,45-46H,1,14-21,24H2,(H,41,47,48). The van der Waals surface area contributed by atoms with Crippen molar-refractivity contribution in [1.29, 1.82) is 0 Å². The minimum atomic E-state index is -0.608. The highest BCUT2D eigenvalue weighted by molar-refractivity contribution is 7.22. The Hall–Kier alpha value is -5.59. The van der Waals surface area contributed by atoms with Crippen LogP contribution in [0.15, 0.2) is 84.9 Å². The van der Waals surface area contributed by atoms with Crippen LogP contribution in [-0.2, 0) is 16.1 Å². The summed E-state index contributed by atoms with van der Waals surface area (Å²) in [4.78, 5) is 44.3. The van der Waals surface area contributed by atoms with E-state index in [-0.39, 0.29) is 29.7 Å². The molecule has 11 nitrogen and oxygen atoms in total. The fourth-order valence-corrected chi connectivity index (χ4v) is 8.32. The highest BCUT2D eigenvalue weighted by Crippen LogP contribution is 2.47. The lowest BCUT2D eigenvalue weighted by atomic mass is 10.0. The number of hydrogen-bond donors (Lipinski definition) is 3. The van der Waals surface area contributed by atoms with Gasteiger partial charge in [0.25, 0.3) is 5.91 Å². The number of carbonyl (C=O) groups excluding carboxylic acids is 3. The molecule has 5 aromatic rings. The largest absolute Gasteiger partial charge is 0.508 e. The summed E-state index contributed by atoms with van der Waals surface area (Å²) < 4.78 is 13.4. The fraction of sp³-hybridized carbons (Fsp3) is 0.275. The molecule has 2 saturated heterocycles. The average molecular weight is 719 g/mol. The van der Waals surface area contributed by atoms with Gasteiger partial charge in [0.05, 0.1) is 11.5 Å². The number of amides is 3. The minimum absolute atomic E-state index is 0.150. The van der Waals surface area contributed by atoms with Gasteiger partial charge in [-0.1, -0.05) is 0 Å². The van der Waals surface area contributed by atoms with E-state index in [0.717, 1.165) is 76.7 Å². The zero-order valence-corrected chi connectivity index (χ0v) is 29.2. The van der Waals surface area contributed by atoms with Crippen molar-refractivity contribution in [2.75, 3.05) is 44.2 Å². The first-order valence-electron chi connectivity index (χ1n) is 17.5. The molecule has 0 saturated carbocycles. The number of carbonyl (C=O) groups is 3. The summed E-state index contributed by atoms with van der Waals surface area (Å²) in [6, 6.07) is 25.1. The van der Waals surface area contributed by atoms with Crippen LogP contribution in [0.2, 0.25) is 0 Å². The van der Waals surface area contributed by atoms with Gasteiger partial charge in [-0.3, -0.25) is 24.6 Å². The molecule has 0 bridgehead atoms. The lowest BCUT2D eigenvalue weighted by Gasteiger charge is -2.36. The van der Waals surface area contributed by atoms with Gasteiger partial charge in [0, 0.05) is 67.0 Å². The van der Waals surface area contributed by atoms with Crippen molar-refractivity contribution >= 4 is 44.8 Å². The molecule has 3 amide bonds. The second kappa shape index (κ2) is 14.2. The van der Waals surface area contributed by atoms with Crippen LogP contribution in [0.3, 0.4) is 0 Å². The number of ether oxygens (including phenoxy) is 2. The number of anilines is 1. The Bertz CT molecular complexity index is 2140. The summed E-state index contributed by atoms with van der Waals surface area (Å²) >= 11 is 1.52. The molecule has 0 spiro atoms. The molecular formula is C40H38N4O7S. The first kappa shape index (κ1) is 33.5. The van der Waals surface area contributed by atoms with Crippen molar-refractivity contribution in [1.82, 2.24) is 15.1 Å².